The summed E-state index contributed by atoms with van der Waals surface area (Å²) in [6.45, 7) is 9.65. The van der Waals surface area contributed by atoms with Gasteiger partial charge in [0.05, 0.1) is 6.10 Å². The number of likely N-dealkylation sites (tertiary alicyclic amines) is 1. The normalized spacial score (nSPS) is 16.1. The molecule has 1 rings (SSSR count). The highest BCUT2D eigenvalue weighted by molar-refractivity contribution is 5.81. The number of piperidine rings is 1. The molecule has 2 N–H and O–H groups in total. The van der Waals surface area contributed by atoms with Crippen molar-refractivity contribution >= 4 is 12.1 Å². The minimum absolute atomic E-state index is 0.296. The van der Waals surface area contributed by atoms with Crippen LogP contribution in [0.2, 0.25) is 0 Å². The highest BCUT2D eigenvalue weighted by atomic mass is 16.6. The number of hydrogen-bond acceptors (Lipinski definition) is 4. The number of esters is 1. The molecule has 1 heterocycles. The van der Waals surface area contributed by atoms with Gasteiger partial charge in [-0.3, -0.25) is 0 Å². The number of carbonyl (C=O) groups excluding carboxylic acids is 1. The largest absolute Gasteiger partial charge is 0.465 e. The zero-order valence-corrected chi connectivity index (χ0v) is 11.8. The highest BCUT2D eigenvalue weighted by Crippen LogP contribution is 2.09. The molecule has 6 nitrogen and oxygen atoms in total. The van der Waals surface area contributed by atoms with Gasteiger partial charge in [0, 0.05) is 19.2 Å². The average Bonchev–Trinajstić information content (AvgIpc) is 2.28. The first-order valence-electron chi connectivity index (χ1n) is 6.17. The topological polar surface area (TPSA) is 87.1 Å². The van der Waals surface area contributed by atoms with E-state index >= 15 is 0 Å². The minimum atomic E-state index is -0.883. The quantitative estimate of drug-likeness (QED) is 0.560. The monoisotopic (exact) mass is 273 g/mol. The second-order valence-electron chi connectivity index (χ2n) is 5.24. The van der Waals surface area contributed by atoms with Crippen molar-refractivity contribution in [2.75, 3.05) is 13.1 Å². The van der Waals surface area contributed by atoms with Crippen molar-refractivity contribution in [1.29, 1.82) is 0 Å². The van der Waals surface area contributed by atoms with Crippen molar-refractivity contribution in [2.24, 2.45) is 0 Å². The number of carboxylic acid groups (broad SMARTS) is 1. The van der Waals surface area contributed by atoms with Crippen LogP contribution in [-0.4, -0.2) is 52.0 Å². The Bertz CT molecular complexity index is 313. The van der Waals surface area contributed by atoms with Gasteiger partial charge in [0.2, 0.25) is 0 Å². The lowest BCUT2D eigenvalue weighted by molar-refractivity contribution is -0.148. The summed E-state index contributed by atoms with van der Waals surface area (Å²) < 4.78 is 4.83. The lowest BCUT2D eigenvalue weighted by atomic mass is 10.1. The summed E-state index contributed by atoms with van der Waals surface area (Å²) in [6, 6.07) is 0. The molecule has 0 aliphatic carbocycles. The molecular formula is C13H23NO5. The molecule has 19 heavy (non-hydrogen) atoms. The van der Waals surface area contributed by atoms with Gasteiger partial charge in [0.15, 0.2) is 0 Å². The van der Waals surface area contributed by atoms with E-state index < -0.39 is 11.7 Å². The molecule has 0 saturated carbocycles. The number of rotatable bonds is 1. The highest BCUT2D eigenvalue weighted by Gasteiger charge is 2.19. The van der Waals surface area contributed by atoms with Crippen LogP contribution in [0, 0.1) is 0 Å². The molecule has 0 radical (unpaired) electrons. The van der Waals surface area contributed by atoms with Crippen LogP contribution in [0.25, 0.3) is 0 Å². The van der Waals surface area contributed by atoms with Crippen LogP contribution in [0.3, 0.4) is 0 Å². The van der Waals surface area contributed by atoms with E-state index in [1.54, 1.807) is 0 Å². The summed E-state index contributed by atoms with van der Waals surface area (Å²) in [6.07, 6.45) is 1.13. The molecule has 0 aromatic heterocycles. The number of hydrogen-bond donors (Lipinski definition) is 2. The third-order valence-electron chi connectivity index (χ3n) is 2.31. The van der Waals surface area contributed by atoms with Gasteiger partial charge in [-0.1, -0.05) is 6.58 Å². The summed E-state index contributed by atoms with van der Waals surface area (Å²) in [4.78, 5) is 22.1. The van der Waals surface area contributed by atoms with E-state index in [2.05, 4.69) is 6.58 Å². The SMILES string of the molecule is C=CC(=O)OC(C)(C)C.O=C(O)N1CCC(O)CC1. The van der Waals surface area contributed by atoms with Crippen molar-refractivity contribution in [2.45, 2.75) is 45.3 Å². The molecule has 0 unspecified atom stereocenters. The summed E-state index contributed by atoms with van der Waals surface area (Å²) in [5.74, 6) is -0.373. The molecule has 1 aliphatic heterocycles. The fraction of sp³-hybridized carbons (Fsp3) is 0.692. The Morgan fingerprint density at radius 1 is 1.32 bits per heavy atom. The zero-order valence-electron chi connectivity index (χ0n) is 11.8. The Morgan fingerprint density at radius 2 is 1.79 bits per heavy atom. The van der Waals surface area contributed by atoms with E-state index in [9.17, 15) is 9.59 Å². The molecule has 1 saturated heterocycles. The summed E-state index contributed by atoms with van der Waals surface area (Å²) in [7, 11) is 0. The third kappa shape index (κ3) is 9.07. The lowest BCUT2D eigenvalue weighted by Crippen LogP contribution is -2.39. The lowest BCUT2D eigenvalue weighted by Gasteiger charge is -2.26. The molecule has 1 fully saturated rings. The predicted molar refractivity (Wildman–Crippen MR) is 70.9 cm³/mol. The fourth-order valence-corrected chi connectivity index (χ4v) is 1.40. The van der Waals surface area contributed by atoms with Gasteiger partial charge in [0.25, 0.3) is 0 Å². The summed E-state index contributed by atoms with van der Waals surface area (Å²) in [5, 5.41) is 17.5. The predicted octanol–water partition coefficient (Wildman–Crippen LogP) is 1.64. The molecule has 0 atom stereocenters. The second kappa shape index (κ2) is 7.78. The number of aliphatic hydroxyl groups is 1. The number of amides is 1. The first-order chi connectivity index (χ1) is 8.65. The third-order valence-corrected chi connectivity index (χ3v) is 2.31. The van der Waals surface area contributed by atoms with E-state index in [1.807, 2.05) is 20.8 Å². The number of nitrogens with zero attached hydrogens (tertiary/aromatic N) is 1. The van der Waals surface area contributed by atoms with Crippen LogP contribution in [0.4, 0.5) is 4.79 Å². The van der Waals surface area contributed by atoms with Gasteiger partial charge in [-0.25, -0.2) is 9.59 Å². The van der Waals surface area contributed by atoms with Gasteiger partial charge in [-0.15, -0.1) is 0 Å². The van der Waals surface area contributed by atoms with Crippen LogP contribution >= 0.6 is 0 Å². The Morgan fingerprint density at radius 3 is 2.05 bits per heavy atom. The van der Waals surface area contributed by atoms with Crippen molar-refractivity contribution in [1.82, 2.24) is 4.90 Å². The molecule has 1 aliphatic rings. The van der Waals surface area contributed by atoms with Crippen molar-refractivity contribution in [3.05, 3.63) is 12.7 Å². The van der Waals surface area contributed by atoms with Gasteiger partial charge < -0.3 is 19.8 Å². The molecule has 0 bridgehead atoms. The van der Waals surface area contributed by atoms with Crippen molar-refractivity contribution < 1.29 is 24.5 Å². The number of carbonyl (C=O) groups is 2. The molecule has 0 spiro atoms. The Balaban J connectivity index is 0.000000344. The first kappa shape index (κ1) is 17.4. The van der Waals surface area contributed by atoms with E-state index in [4.69, 9.17) is 14.9 Å². The maximum Gasteiger partial charge on any atom is 0.407 e. The summed E-state index contributed by atoms with van der Waals surface area (Å²) in [5.41, 5.74) is -0.398. The summed E-state index contributed by atoms with van der Waals surface area (Å²) >= 11 is 0. The van der Waals surface area contributed by atoms with Gasteiger partial charge >= 0.3 is 12.1 Å². The van der Waals surface area contributed by atoms with Crippen LogP contribution in [0.15, 0.2) is 12.7 Å². The maximum absolute atomic E-state index is 10.5. The average molecular weight is 273 g/mol. The van der Waals surface area contributed by atoms with E-state index in [0.29, 0.717) is 25.9 Å². The Kier molecular flexibility index (Phi) is 7.14. The van der Waals surface area contributed by atoms with Crippen LogP contribution in [0.1, 0.15) is 33.6 Å². The van der Waals surface area contributed by atoms with Gasteiger partial charge in [-0.05, 0) is 33.6 Å². The van der Waals surface area contributed by atoms with Gasteiger partial charge in [0.1, 0.15) is 5.60 Å². The Hall–Kier alpha value is -1.56. The molecule has 110 valence electrons. The first-order valence-corrected chi connectivity index (χ1v) is 6.17. The van der Waals surface area contributed by atoms with E-state index in [1.165, 1.54) is 4.90 Å². The smallest absolute Gasteiger partial charge is 0.407 e. The molecule has 1 amide bonds. The molecule has 0 aromatic rings. The van der Waals surface area contributed by atoms with Crippen molar-refractivity contribution in [3.63, 3.8) is 0 Å². The van der Waals surface area contributed by atoms with E-state index in [0.717, 1.165) is 6.08 Å². The van der Waals surface area contributed by atoms with E-state index in [-0.39, 0.29) is 12.1 Å². The fourth-order valence-electron chi connectivity index (χ4n) is 1.40. The van der Waals surface area contributed by atoms with Crippen LogP contribution in [-0.2, 0) is 9.53 Å². The second-order valence-corrected chi connectivity index (χ2v) is 5.24. The van der Waals surface area contributed by atoms with Crippen LogP contribution in [0.5, 0.6) is 0 Å². The standard InChI is InChI=1S/C7H12O2.C6H11NO3/c1-5-6(8)9-7(2,3)4;8-5-1-3-7(4-2-5)6(9)10/h5H,1H2,2-4H3;5,8H,1-4H2,(H,9,10). The zero-order chi connectivity index (χ0) is 15.1. The molecular weight excluding hydrogens is 250 g/mol. The number of ether oxygens (including phenoxy) is 1. The minimum Gasteiger partial charge on any atom is -0.465 e. The van der Waals surface area contributed by atoms with Gasteiger partial charge in [-0.2, -0.15) is 0 Å². The van der Waals surface area contributed by atoms with Crippen molar-refractivity contribution in [3.8, 4) is 0 Å². The number of aliphatic hydroxyl groups excluding tert-OH is 1. The Labute approximate surface area is 113 Å². The molecule has 0 aromatic carbocycles. The van der Waals surface area contributed by atoms with Crippen LogP contribution < -0.4 is 0 Å². The maximum atomic E-state index is 10.5. The molecule has 6 heteroatoms.